The quantitative estimate of drug-likeness (QED) is 0.719. The monoisotopic (exact) mass is 284 g/mol. The number of fused-ring (bicyclic) bond motifs is 1. The van der Waals surface area contributed by atoms with Gasteiger partial charge in [-0.2, -0.15) is 0 Å². The van der Waals surface area contributed by atoms with Crippen molar-refractivity contribution in [2.24, 2.45) is 0 Å². The molecule has 106 valence electrons. The zero-order valence-electron chi connectivity index (χ0n) is 10.9. The third-order valence-electron chi connectivity index (χ3n) is 2.96. The summed E-state index contributed by atoms with van der Waals surface area (Å²) in [7, 11) is 0. The average Bonchev–Trinajstić information content (AvgIpc) is 2.49. The summed E-state index contributed by atoms with van der Waals surface area (Å²) < 4.78 is 5.25. The van der Waals surface area contributed by atoms with Crippen molar-refractivity contribution in [1.82, 2.24) is 4.98 Å². The van der Waals surface area contributed by atoms with Gasteiger partial charge in [0.2, 0.25) is 0 Å². The number of rotatable bonds is 2. The minimum Gasteiger partial charge on any atom is -0.482 e. The van der Waals surface area contributed by atoms with Gasteiger partial charge in [-0.3, -0.25) is 14.6 Å². The predicted octanol–water partition coefficient (Wildman–Crippen LogP) is 1.25. The van der Waals surface area contributed by atoms with Crippen molar-refractivity contribution in [3.63, 3.8) is 0 Å². The smallest absolute Gasteiger partial charge is 0.262 e. The summed E-state index contributed by atoms with van der Waals surface area (Å²) in [6.45, 7) is -0.0478. The second kappa shape index (κ2) is 5.12. The summed E-state index contributed by atoms with van der Waals surface area (Å²) in [5, 5.41) is 5.34. The standard InChI is InChI=1S/C14H12N4O3/c15-9-4-12-11(17-13(19)7-21-12)5-10(9)18-14(20)8-2-1-3-16-6-8/h1-6H,7,15H2,(H,17,19)(H,18,20). The van der Waals surface area contributed by atoms with Crippen molar-refractivity contribution in [3.05, 3.63) is 42.2 Å². The molecule has 2 amide bonds. The molecule has 4 N–H and O–H groups in total. The maximum absolute atomic E-state index is 12.1. The topological polar surface area (TPSA) is 106 Å². The number of pyridine rings is 1. The van der Waals surface area contributed by atoms with Crippen LogP contribution >= 0.6 is 0 Å². The number of nitrogen functional groups attached to an aromatic ring is 1. The van der Waals surface area contributed by atoms with E-state index in [1.165, 1.54) is 6.20 Å². The summed E-state index contributed by atoms with van der Waals surface area (Å²) in [5.41, 5.74) is 7.51. The highest BCUT2D eigenvalue weighted by Crippen LogP contribution is 2.35. The Morgan fingerprint density at radius 3 is 3.05 bits per heavy atom. The van der Waals surface area contributed by atoms with Crippen LogP contribution in [0.1, 0.15) is 10.4 Å². The van der Waals surface area contributed by atoms with Gasteiger partial charge in [-0.25, -0.2) is 0 Å². The molecule has 1 aliphatic rings. The number of benzene rings is 1. The summed E-state index contributed by atoms with van der Waals surface area (Å²) in [4.78, 5) is 27.3. The highest BCUT2D eigenvalue weighted by atomic mass is 16.5. The van der Waals surface area contributed by atoms with E-state index in [4.69, 9.17) is 10.5 Å². The zero-order valence-corrected chi connectivity index (χ0v) is 10.9. The van der Waals surface area contributed by atoms with Crippen LogP contribution in [0.3, 0.4) is 0 Å². The third kappa shape index (κ3) is 2.62. The number of ether oxygens (including phenoxy) is 1. The van der Waals surface area contributed by atoms with Gasteiger partial charge < -0.3 is 21.1 Å². The second-order valence-corrected chi connectivity index (χ2v) is 4.47. The lowest BCUT2D eigenvalue weighted by Gasteiger charge is -2.20. The van der Waals surface area contributed by atoms with Crippen LogP contribution in [0.5, 0.6) is 5.75 Å². The molecular weight excluding hydrogens is 272 g/mol. The van der Waals surface area contributed by atoms with Crippen molar-refractivity contribution < 1.29 is 14.3 Å². The van der Waals surface area contributed by atoms with E-state index in [1.54, 1.807) is 30.5 Å². The second-order valence-electron chi connectivity index (χ2n) is 4.47. The molecular formula is C14H12N4O3. The molecule has 2 heterocycles. The molecule has 0 radical (unpaired) electrons. The molecule has 0 spiro atoms. The van der Waals surface area contributed by atoms with Gasteiger partial charge in [0, 0.05) is 18.5 Å². The molecule has 0 saturated heterocycles. The van der Waals surface area contributed by atoms with E-state index in [-0.39, 0.29) is 18.4 Å². The molecule has 2 aromatic rings. The van der Waals surface area contributed by atoms with Crippen molar-refractivity contribution in [2.45, 2.75) is 0 Å². The number of amides is 2. The number of carbonyl (C=O) groups is 2. The first-order valence-corrected chi connectivity index (χ1v) is 6.21. The summed E-state index contributed by atoms with van der Waals surface area (Å²) in [6.07, 6.45) is 3.03. The molecule has 3 rings (SSSR count). The Hall–Kier alpha value is -3.09. The predicted molar refractivity (Wildman–Crippen MR) is 77.2 cm³/mol. The molecule has 7 heteroatoms. The van der Waals surface area contributed by atoms with Crippen LogP contribution in [0.15, 0.2) is 36.7 Å². The third-order valence-corrected chi connectivity index (χ3v) is 2.96. The van der Waals surface area contributed by atoms with E-state index in [9.17, 15) is 9.59 Å². The lowest BCUT2D eigenvalue weighted by Crippen LogP contribution is -2.25. The first kappa shape index (κ1) is 12.9. The number of anilines is 3. The van der Waals surface area contributed by atoms with Crippen molar-refractivity contribution in [1.29, 1.82) is 0 Å². The molecule has 1 aliphatic heterocycles. The first-order valence-electron chi connectivity index (χ1n) is 6.21. The molecule has 1 aromatic heterocycles. The van der Waals surface area contributed by atoms with Gasteiger partial charge in [0.15, 0.2) is 6.61 Å². The normalized spacial score (nSPS) is 12.9. The van der Waals surface area contributed by atoms with Crippen LogP contribution < -0.4 is 21.1 Å². The van der Waals surface area contributed by atoms with Crippen LogP contribution in [0.2, 0.25) is 0 Å². The highest BCUT2D eigenvalue weighted by Gasteiger charge is 2.19. The van der Waals surface area contributed by atoms with Gasteiger partial charge in [-0.05, 0) is 18.2 Å². The van der Waals surface area contributed by atoms with Gasteiger partial charge >= 0.3 is 0 Å². The first-order chi connectivity index (χ1) is 10.1. The number of aromatic nitrogens is 1. The Morgan fingerprint density at radius 2 is 2.29 bits per heavy atom. The van der Waals surface area contributed by atoms with Gasteiger partial charge in [-0.15, -0.1) is 0 Å². The molecule has 0 bridgehead atoms. The zero-order chi connectivity index (χ0) is 14.8. The summed E-state index contributed by atoms with van der Waals surface area (Å²) >= 11 is 0. The van der Waals surface area contributed by atoms with E-state index in [2.05, 4.69) is 15.6 Å². The molecule has 0 atom stereocenters. The Balaban J connectivity index is 1.87. The SMILES string of the molecule is Nc1cc2c(cc1NC(=O)c1cccnc1)NC(=O)CO2. The van der Waals surface area contributed by atoms with Gasteiger partial charge in [0.25, 0.3) is 11.8 Å². The maximum atomic E-state index is 12.1. The largest absolute Gasteiger partial charge is 0.482 e. The molecule has 7 nitrogen and oxygen atoms in total. The Morgan fingerprint density at radius 1 is 1.43 bits per heavy atom. The Kier molecular flexibility index (Phi) is 3.15. The number of carbonyl (C=O) groups excluding carboxylic acids is 2. The fourth-order valence-corrected chi connectivity index (χ4v) is 1.94. The average molecular weight is 284 g/mol. The number of nitrogens with zero attached hydrogens (tertiary/aromatic N) is 1. The maximum Gasteiger partial charge on any atom is 0.262 e. The van der Waals surface area contributed by atoms with E-state index in [0.717, 1.165) is 0 Å². The molecule has 0 unspecified atom stereocenters. The Labute approximate surface area is 120 Å². The lowest BCUT2D eigenvalue weighted by molar-refractivity contribution is -0.118. The van der Waals surface area contributed by atoms with Crippen molar-refractivity contribution >= 4 is 28.9 Å². The number of hydrogen-bond donors (Lipinski definition) is 3. The summed E-state index contributed by atoms with van der Waals surface area (Å²) in [6, 6.07) is 6.44. The number of nitrogens with one attached hydrogen (secondary N) is 2. The van der Waals surface area contributed by atoms with E-state index in [1.807, 2.05) is 0 Å². The van der Waals surface area contributed by atoms with Crippen LogP contribution in [0.4, 0.5) is 17.1 Å². The lowest BCUT2D eigenvalue weighted by atomic mass is 10.2. The minimum atomic E-state index is -0.335. The highest BCUT2D eigenvalue weighted by molar-refractivity contribution is 6.06. The van der Waals surface area contributed by atoms with Gasteiger partial charge in [0.1, 0.15) is 5.75 Å². The van der Waals surface area contributed by atoms with Gasteiger partial charge in [-0.1, -0.05) is 0 Å². The molecule has 0 saturated carbocycles. The molecule has 1 aromatic carbocycles. The van der Waals surface area contributed by atoms with Crippen molar-refractivity contribution in [3.8, 4) is 5.75 Å². The number of nitrogens with two attached hydrogens (primary N) is 1. The minimum absolute atomic E-state index is 0.0478. The summed E-state index contributed by atoms with van der Waals surface area (Å²) in [5.74, 6) is -0.110. The van der Waals surface area contributed by atoms with E-state index >= 15 is 0 Å². The van der Waals surface area contributed by atoms with Gasteiger partial charge in [0.05, 0.1) is 22.6 Å². The molecule has 0 fully saturated rings. The fraction of sp³-hybridized carbons (Fsp3) is 0.0714. The van der Waals surface area contributed by atoms with Crippen LogP contribution in [0, 0.1) is 0 Å². The van der Waals surface area contributed by atoms with Crippen LogP contribution in [0.25, 0.3) is 0 Å². The van der Waals surface area contributed by atoms with Crippen molar-refractivity contribution in [2.75, 3.05) is 23.0 Å². The van der Waals surface area contributed by atoms with Crippen LogP contribution in [-0.2, 0) is 4.79 Å². The molecule has 21 heavy (non-hydrogen) atoms. The van der Waals surface area contributed by atoms with Crippen LogP contribution in [-0.4, -0.2) is 23.4 Å². The Bertz CT molecular complexity index is 716. The molecule has 0 aliphatic carbocycles. The van der Waals surface area contributed by atoms with E-state index in [0.29, 0.717) is 28.4 Å². The number of hydrogen-bond acceptors (Lipinski definition) is 5. The fourth-order valence-electron chi connectivity index (χ4n) is 1.94. The van der Waals surface area contributed by atoms with E-state index < -0.39 is 0 Å².